The van der Waals surface area contributed by atoms with Gasteiger partial charge in [0.15, 0.2) is 0 Å². The summed E-state index contributed by atoms with van der Waals surface area (Å²) in [5, 5.41) is 13.1. The molecule has 2 aromatic rings. The van der Waals surface area contributed by atoms with E-state index in [4.69, 9.17) is 0 Å². The number of nitrogens with one attached hydrogen (secondary N) is 2. The summed E-state index contributed by atoms with van der Waals surface area (Å²) in [5.74, 6) is 0.140. The number of amides is 1. The summed E-state index contributed by atoms with van der Waals surface area (Å²) < 4.78 is 27.9. The third kappa shape index (κ3) is 5.82. The normalized spacial score (nSPS) is 18.6. The standard InChI is InChI=1S/C24H30N4O3S2/c1-17-7-9-19(10-8-17)33(30,31)26-15-18-4-3-12-28(16-18)13-11-23(29)27-24-21(14-25)20-5-2-6-22(20)32-24/h7-10,18,26H,2-6,11-13,15-16H2,1H3,(H,27,29). The maximum atomic E-state index is 12.6. The number of aryl methyl sites for hydroxylation is 2. The van der Waals surface area contributed by atoms with Crippen LogP contribution in [0.25, 0.3) is 0 Å². The molecule has 176 valence electrons. The van der Waals surface area contributed by atoms with E-state index in [0.717, 1.165) is 56.3 Å². The lowest BCUT2D eigenvalue weighted by atomic mass is 9.98. The van der Waals surface area contributed by atoms with Crippen LogP contribution in [0.4, 0.5) is 5.00 Å². The van der Waals surface area contributed by atoms with Gasteiger partial charge in [-0.05, 0) is 69.2 Å². The summed E-state index contributed by atoms with van der Waals surface area (Å²) in [5.41, 5.74) is 2.78. The molecule has 2 N–H and O–H groups in total. The minimum atomic E-state index is -3.52. The maximum Gasteiger partial charge on any atom is 0.240 e. The third-order valence-electron chi connectivity index (χ3n) is 6.44. The molecule has 0 bridgehead atoms. The number of sulfonamides is 1. The van der Waals surface area contributed by atoms with Crippen molar-refractivity contribution < 1.29 is 13.2 Å². The number of benzene rings is 1. The van der Waals surface area contributed by atoms with Gasteiger partial charge < -0.3 is 10.2 Å². The van der Waals surface area contributed by atoms with Gasteiger partial charge in [0, 0.05) is 30.9 Å². The Labute approximate surface area is 199 Å². The number of anilines is 1. The fourth-order valence-electron chi connectivity index (χ4n) is 4.61. The lowest BCUT2D eigenvalue weighted by Gasteiger charge is -2.32. The summed E-state index contributed by atoms with van der Waals surface area (Å²) >= 11 is 1.54. The van der Waals surface area contributed by atoms with Crippen LogP contribution in [0.15, 0.2) is 29.2 Å². The Kier molecular flexibility index (Phi) is 7.49. The number of hydrogen-bond donors (Lipinski definition) is 2. The SMILES string of the molecule is Cc1ccc(S(=O)(=O)NCC2CCCN(CCC(=O)Nc3sc4c(c3C#N)CCC4)C2)cc1. The molecule has 2 heterocycles. The predicted octanol–water partition coefficient (Wildman–Crippen LogP) is 3.44. The van der Waals surface area contributed by atoms with Crippen LogP contribution in [0.5, 0.6) is 0 Å². The first kappa shape index (κ1) is 23.9. The molecule has 1 aliphatic carbocycles. The van der Waals surface area contributed by atoms with Crippen LogP contribution in [0, 0.1) is 24.2 Å². The van der Waals surface area contributed by atoms with Crippen molar-refractivity contribution in [2.24, 2.45) is 5.92 Å². The van der Waals surface area contributed by atoms with Crippen molar-refractivity contribution in [3.05, 3.63) is 45.8 Å². The van der Waals surface area contributed by atoms with E-state index in [0.29, 0.717) is 30.1 Å². The largest absolute Gasteiger partial charge is 0.317 e. The van der Waals surface area contributed by atoms with Crippen molar-refractivity contribution in [1.29, 1.82) is 5.26 Å². The van der Waals surface area contributed by atoms with Gasteiger partial charge in [-0.2, -0.15) is 5.26 Å². The Morgan fingerprint density at radius 3 is 2.79 bits per heavy atom. The maximum absolute atomic E-state index is 12.6. The minimum Gasteiger partial charge on any atom is -0.317 e. The van der Waals surface area contributed by atoms with Crippen molar-refractivity contribution in [2.45, 2.75) is 50.3 Å². The number of carbonyl (C=O) groups excluding carboxylic acids is 1. The summed E-state index contributed by atoms with van der Waals surface area (Å²) in [6, 6.07) is 9.11. The minimum absolute atomic E-state index is 0.0754. The zero-order chi connectivity index (χ0) is 23.4. The van der Waals surface area contributed by atoms with Crippen molar-refractivity contribution in [3.8, 4) is 6.07 Å². The van der Waals surface area contributed by atoms with E-state index in [9.17, 15) is 18.5 Å². The molecule has 4 rings (SSSR count). The first-order chi connectivity index (χ1) is 15.9. The Balaban J connectivity index is 1.25. The molecule has 1 fully saturated rings. The van der Waals surface area contributed by atoms with Crippen LogP contribution in [0.2, 0.25) is 0 Å². The second-order valence-electron chi connectivity index (χ2n) is 8.95. The van der Waals surface area contributed by atoms with Crippen LogP contribution in [-0.2, 0) is 27.7 Å². The van der Waals surface area contributed by atoms with Crippen LogP contribution in [0.3, 0.4) is 0 Å². The summed E-state index contributed by atoms with van der Waals surface area (Å²) in [6.45, 7) is 4.62. The highest BCUT2D eigenvalue weighted by Crippen LogP contribution is 2.38. The zero-order valence-corrected chi connectivity index (χ0v) is 20.5. The number of nitrogens with zero attached hydrogens (tertiary/aromatic N) is 2. The molecule has 1 saturated heterocycles. The van der Waals surface area contributed by atoms with Crippen molar-refractivity contribution >= 4 is 32.3 Å². The molecule has 1 aromatic carbocycles. The first-order valence-electron chi connectivity index (χ1n) is 11.5. The molecular weight excluding hydrogens is 456 g/mol. The Morgan fingerprint density at radius 1 is 1.24 bits per heavy atom. The summed E-state index contributed by atoms with van der Waals surface area (Å²) in [7, 11) is -3.52. The summed E-state index contributed by atoms with van der Waals surface area (Å²) in [6.07, 6.45) is 5.30. The number of likely N-dealkylation sites (tertiary alicyclic amines) is 1. The molecule has 33 heavy (non-hydrogen) atoms. The average molecular weight is 487 g/mol. The van der Waals surface area contributed by atoms with E-state index < -0.39 is 10.0 Å². The van der Waals surface area contributed by atoms with Gasteiger partial charge >= 0.3 is 0 Å². The van der Waals surface area contributed by atoms with Gasteiger partial charge in [0.25, 0.3) is 0 Å². The number of nitriles is 1. The zero-order valence-electron chi connectivity index (χ0n) is 18.9. The van der Waals surface area contributed by atoms with E-state index in [1.165, 1.54) is 16.2 Å². The average Bonchev–Trinajstić information content (AvgIpc) is 3.38. The molecule has 2 aliphatic rings. The Morgan fingerprint density at radius 2 is 2.03 bits per heavy atom. The topological polar surface area (TPSA) is 102 Å². The molecule has 0 spiro atoms. The molecule has 1 aliphatic heterocycles. The number of rotatable bonds is 8. The van der Waals surface area contributed by atoms with E-state index in [2.05, 4.69) is 21.0 Å². The van der Waals surface area contributed by atoms with E-state index in [1.54, 1.807) is 24.3 Å². The third-order valence-corrected chi connectivity index (χ3v) is 9.08. The number of hydrogen-bond acceptors (Lipinski definition) is 6. The molecule has 1 unspecified atom stereocenters. The van der Waals surface area contributed by atoms with Gasteiger partial charge in [0.1, 0.15) is 11.1 Å². The Bertz CT molecular complexity index is 1150. The molecule has 1 amide bonds. The first-order valence-corrected chi connectivity index (χ1v) is 13.8. The van der Waals surface area contributed by atoms with E-state index in [-0.39, 0.29) is 16.7 Å². The van der Waals surface area contributed by atoms with Crippen LogP contribution >= 0.6 is 11.3 Å². The van der Waals surface area contributed by atoms with Crippen LogP contribution < -0.4 is 10.0 Å². The molecule has 0 radical (unpaired) electrons. The second-order valence-corrected chi connectivity index (χ2v) is 11.8. The number of fused-ring (bicyclic) bond motifs is 1. The van der Waals surface area contributed by atoms with Gasteiger partial charge in [0.05, 0.1) is 10.5 Å². The lowest BCUT2D eigenvalue weighted by molar-refractivity contribution is -0.116. The molecule has 1 aromatic heterocycles. The molecule has 9 heteroatoms. The van der Waals surface area contributed by atoms with Crippen LogP contribution in [0.1, 0.15) is 47.3 Å². The van der Waals surface area contributed by atoms with Crippen molar-refractivity contribution in [1.82, 2.24) is 9.62 Å². The van der Waals surface area contributed by atoms with Gasteiger partial charge in [0.2, 0.25) is 15.9 Å². The fraction of sp³-hybridized carbons (Fsp3) is 0.500. The number of carbonyl (C=O) groups is 1. The molecule has 7 nitrogen and oxygen atoms in total. The van der Waals surface area contributed by atoms with Gasteiger partial charge in [-0.15, -0.1) is 11.3 Å². The molecular formula is C24H30N4O3S2. The van der Waals surface area contributed by atoms with Crippen molar-refractivity contribution in [2.75, 3.05) is 31.5 Å². The quantitative estimate of drug-likeness (QED) is 0.595. The highest BCUT2D eigenvalue weighted by molar-refractivity contribution is 7.89. The number of thiophene rings is 1. The summed E-state index contributed by atoms with van der Waals surface area (Å²) in [4.78, 5) is 16.3. The van der Waals surface area contributed by atoms with Gasteiger partial charge in [-0.1, -0.05) is 17.7 Å². The Hall–Kier alpha value is -2.25. The second kappa shape index (κ2) is 10.3. The van der Waals surface area contributed by atoms with Crippen LogP contribution in [-0.4, -0.2) is 45.4 Å². The fourth-order valence-corrected chi connectivity index (χ4v) is 6.98. The molecule has 0 saturated carbocycles. The van der Waals surface area contributed by atoms with E-state index in [1.807, 2.05) is 6.92 Å². The predicted molar refractivity (Wildman–Crippen MR) is 130 cm³/mol. The smallest absolute Gasteiger partial charge is 0.240 e. The highest BCUT2D eigenvalue weighted by atomic mass is 32.2. The van der Waals surface area contributed by atoms with E-state index >= 15 is 0 Å². The monoisotopic (exact) mass is 486 g/mol. The lowest BCUT2D eigenvalue weighted by Crippen LogP contribution is -2.41. The number of piperidine rings is 1. The highest BCUT2D eigenvalue weighted by Gasteiger charge is 2.25. The van der Waals surface area contributed by atoms with Crippen molar-refractivity contribution in [3.63, 3.8) is 0 Å². The van der Waals surface area contributed by atoms with Gasteiger partial charge in [-0.25, -0.2) is 13.1 Å². The molecule has 1 atom stereocenters. The van der Waals surface area contributed by atoms with Gasteiger partial charge in [-0.3, -0.25) is 4.79 Å².